The standard InChI is InChI=1S/C19H16N6O/c1-11-4-2-3-5-14(11)15-10-21-17-16(22-15)18(25-24-17)23-19(26)12-6-8-13(20)9-7-12/h2-10H,20H2,1H3,(H2,21,23,24,25,26). The van der Waals surface area contributed by atoms with Crippen molar-refractivity contribution < 1.29 is 4.79 Å². The Morgan fingerprint density at radius 2 is 1.88 bits per heavy atom. The highest BCUT2D eigenvalue weighted by molar-refractivity contribution is 6.07. The molecule has 0 unspecified atom stereocenters. The molecule has 7 nitrogen and oxygen atoms in total. The van der Waals surface area contributed by atoms with Crippen molar-refractivity contribution in [2.75, 3.05) is 11.1 Å². The number of nitrogens with two attached hydrogens (primary N) is 1. The molecule has 128 valence electrons. The summed E-state index contributed by atoms with van der Waals surface area (Å²) in [4.78, 5) is 21.4. The number of nitrogens with one attached hydrogen (secondary N) is 2. The van der Waals surface area contributed by atoms with Crippen molar-refractivity contribution >= 4 is 28.6 Å². The summed E-state index contributed by atoms with van der Waals surface area (Å²) >= 11 is 0. The Hall–Kier alpha value is -3.74. The molecule has 0 spiro atoms. The fraction of sp³-hybridized carbons (Fsp3) is 0.0526. The van der Waals surface area contributed by atoms with E-state index in [2.05, 4.69) is 25.5 Å². The van der Waals surface area contributed by atoms with Crippen LogP contribution in [0.4, 0.5) is 11.5 Å². The Morgan fingerprint density at radius 3 is 2.65 bits per heavy atom. The number of carbonyl (C=O) groups is 1. The molecule has 0 saturated heterocycles. The van der Waals surface area contributed by atoms with Gasteiger partial charge in [-0.3, -0.25) is 9.89 Å². The van der Waals surface area contributed by atoms with Gasteiger partial charge >= 0.3 is 0 Å². The van der Waals surface area contributed by atoms with Gasteiger partial charge in [-0.15, -0.1) is 0 Å². The van der Waals surface area contributed by atoms with Gasteiger partial charge in [0, 0.05) is 16.8 Å². The minimum Gasteiger partial charge on any atom is -0.399 e. The summed E-state index contributed by atoms with van der Waals surface area (Å²) in [6.45, 7) is 2.01. The number of H-pyrrole nitrogens is 1. The Kier molecular flexibility index (Phi) is 3.81. The first-order valence-corrected chi connectivity index (χ1v) is 8.06. The van der Waals surface area contributed by atoms with E-state index in [1.807, 2.05) is 31.2 Å². The summed E-state index contributed by atoms with van der Waals surface area (Å²) in [5.41, 5.74) is 10.5. The first kappa shape index (κ1) is 15.8. The molecule has 0 aliphatic rings. The molecule has 26 heavy (non-hydrogen) atoms. The van der Waals surface area contributed by atoms with Crippen molar-refractivity contribution in [2.45, 2.75) is 6.92 Å². The van der Waals surface area contributed by atoms with Crippen molar-refractivity contribution in [2.24, 2.45) is 0 Å². The van der Waals surface area contributed by atoms with Crippen molar-refractivity contribution in [3.05, 3.63) is 65.9 Å². The normalized spacial score (nSPS) is 10.8. The van der Waals surface area contributed by atoms with Crippen molar-refractivity contribution in [1.29, 1.82) is 0 Å². The highest BCUT2D eigenvalue weighted by atomic mass is 16.1. The van der Waals surface area contributed by atoms with Crippen LogP contribution in [-0.4, -0.2) is 26.1 Å². The smallest absolute Gasteiger partial charge is 0.256 e. The van der Waals surface area contributed by atoms with Crippen LogP contribution in [0.15, 0.2) is 54.7 Å². The number of hydrogen-bond acceptors (Lipinski definition) is 5. The maximum Gasteiger partial charge on any atom is 0.256 e. The molecule has 0 aliphatic carbocycles. The molecule has 2 heterocycles. The summed E-state index contributed by atoms with van der Waals surface area (Å²) in [6, 6.07) is 14.6. The highest BCUT2D eigenvalue weighted by Gasteiger charge is 2.14. The molecule has 0 aliphatic heterocycles. The van der Waals surface area contributed by atoms with Gasteiger partial charge < -0.3 is 11.1 Å². The SMILES string of the molecule is Cc1ccccc1-c1cnc2n[nH]c(NC(=O)c3ccc(N)cc3)c2n1. The summed E-state index contributed by atoms with van der Waals surface area (Å²) in [5, 5.41) is 9.68. The van der Waals surface area contributed by atoms with Crippen LogP contribution in [0, 0.1) is 6.92 Å². The van der Waals surface area contributed by atoms with Crippen LogP contribution < -0.4 is 11.1 Å². The molecule has 2 aromatic carbocycles. The van der Waals surface area contributed by atoms with Gasteiger partial charge in [0.25, 0.3) is 5.91 Å². The summed E-state index contributed by atoms with van der Waals surface area (Å²) in [5.74, 6) is 0.128. The van der Waals surface area contributed by atoms with Gasteiger partial charge in [-0.25, -0.2) is 9.97 Å². The molecule has 0 atom stereocenters. The van der Waals surface area contributed by atoms with Crippen LogP contribution in [0.25, 0.3) is 22.4 Å². The number of carbonyl (C=O) groups excluding carboxylic acids is 1. The van der Waals surface area contributed by atoms with Crippen molar-refractivity contribution in [3.63, 3.8) is 0 Å². The van der Waals surface area contributed by atoms with Gasteiger partial charge in [0.05, 0.1) is 11.9 Å². The Labute approximate surface area is 149 Å². The van der Waals surface area contributed by atoms with Gasteiger partial charge in [-0.1, -0.05) is 24.3 Å². The van der Waals surface area contributed by atoms with Crippen LogP contribution in [0.2, 0.25) is 0 Å². The maximum absolute atomic E-state index is 12.4. The lowest BCUT2D eigenvalue weighted by atomic mass is 10.1. The summed E-state index contributed by atoms with van der Waals surface area (Å²) in [6.07, 6.45) is 1.68. The molecule has 0 bridgehead atoms. The third kappa shape index (κ3) is 2.86. The number of fused-ring (bicyclic) bond motifs is 1. The van der Waals surface area contributed by atoms with E-state index in [9.17, 15) is 4.79 Å². The minimum absolute atomic E-state index is 0.279. The third-order valence-electron chi connectivity index (χ3n) is 4.10. The largest absolute Gasteiger partial charge is 0.399 e. The molecule has 1 amide bonds. The molecule has 7 heteroatoms. The van der Waals surface area contributed by atoms with E-state index in [0.29, 0.717) is 28.2 Å². The zero-order valence-corrected chi connectivity index (χ0v) is 14.0. The van der Waals surface area contributed by atoms with Gasteiger partial charge in [-0.05, 0) is 36.8 Å². The van der Waals surface area contributed by atoms with E-state index in [4.69, 9.17) is 5.73 Å². The minimum atomic E-state index is -0.279. The molecule has 0 saturated carbocycles. The zero-order valence-electron chi connectivity index (χ0n) is 14.0. The lowest BCUT2D eigenvalue weighted by Gasteiger charge is -2.06. The van der Waals surface area contributed by atoms with E-state index >= 15 is 0 Å². The van der Waals surface area contributed by atoms with E-state index < -0.39 is 0 Å². The van der Waals surface area contributed by atoms with Gasteiger partial charge in [-0.2, -0.15) is 5.10 Å². The molecule has 4 aromatic rings. The lowest BCUT2D eigenvalue weighted by Crippen LogP contribution is -2.12. The van der Waals surface area contributed by atoms with Crippen LogP contribution >= 0.6 is 0 Å². The second-order valence-electron chi connectivity index (χ2n) is 5.92. The number of nitrogens with zero attached hydrogens (tertiary/aromatic N) is 3. The Bertz CT molecular complexity index is 1100. The fourth-order valence-electron chi connectivity index (χ4n) is 2.69. The fourth-order valence-corrected chi connectivity index (χ4v) is 2.69. The average Bonchev–Trinajstić information content (AvgIpc) is 3.05. The molecule has 2 aromatic heterocycles. The maximum atomic E-state index is 12.4. The van der Waals surface area contributed by atoms with Gasteiger partial charge in [0.1, 0.15) is 0 Å². The number of nitrogen functional groups attached to an aromatic ring is 1. The predicted molar refractivity (Wildman–Crippen MR) is 101 cm³/mol. The highest BCUT2D eigenvalue weighted by Crippen LogP contribution is 2.24. The first-order valence-electron chi connectivity index (χ1n) is 8.06. The number of anilines is 2. The quantitative estimate of drug-likeness (QED) is 0.495. The number of aryl methyl sites for hydroxylation is 1. The first-order chi connectivity index (χ1) is 12.6. The van der Waals surface area contributed by atoms with E-state index in [1.165, 1.54) is 0 Å². The summed E-state index contributed by atoms with van der Waals surface area (Å²) < 4.78 is 0. The molecule has 4 N–H and O–H groups in total. The Balaban J connectivity index is 1.70. The number of amides is 1. The van der Waals surface area contributed by atoms with Crippen molar-refractivity contribution in [3.8, 4) is 11.3 Å². The predicted octanol–water partition coefficient (Wildman–Crippen LogP) is 3.16. The second-order valence-corrected chi connectivity index (χ2v) is 5.92. The van der Waals surface area contributed by atoms with E-state index in [1.54, 1.807) is 30.5 Å². The van der Waals surface area contributed by atoms with E-state index in [-0.39, 0.29) is 5.91 Å². The number of aromatic nitrogens is 4. The number of benzene rings is 2. The van der Waals surface area contributed by atoms with Crippen molar-refractivity contribution in [1.82, 2.24) is 20.2 Å². The monoisotopic (exact) mass is 344 g/mol. The van der Waals surface area contributed by atoms with Crippen LogP contribution in [0.1, 0.15) is 15.9 Å². The van der Waals surface area contributed by atoms with E-state index in [0.717, 1.165) is 16.8 Å². The van der Waals surface area contributed by atoms with Crippen LogP contribution in [-0.2, 0) is 0 Å². The summed E-state index contributed by atoms with van der Waals surface area (Å²) in [7, 11) is 0. The third-order valence-corrected chi connectivity index (χ3v) is 4.10. The average molecular weight is 344 g/mol. The van der Waals surface area contributed by atoms with Crippen LogP contribution in [0.3, 0.4) is 0 Å². The van der Waals surface area contributed by atoms with Gasteiger partial charge in [0.15, 0.2) is 11.3 Å². The van der Waals surface area contributed by atoms with Gasteiger partial charge in [0.2, 0.25) is 5.65 Å². The molecular weight excluding hydrogens is 328 g/mol. The molecule has 4 rings (SSSR count). The number of hydrogen-bond donors (Lipinski definition) is 3. The lowest BCUT2D eigenvalue weighted by molar-refractivity contribution is 0.102. The zero-order chi connectivity index (χ0) is 18.1. The molecule has 0 radical (unpaired) electrons. The van der Waals surface area contributed by atoms with Crippen LogP contribution in [0.5, 0.6) is 0 Å². The number of rotatable bonds is 3. The second kappa shape index (κ2) is 6.29. The molecular formula is C19H16N6O. The molecule has 0 fully saturated rings. The number of aromatic amines is 1. The Morgan fingerprint density at radius 1 is 1.12 bits per heavy atom. The topological polar surface area (TPSA) is 110 Å².